The molecule has 4 rings (SSSR count). The molecule has 2 heterocycles. The number of ether oxygens (including phenoxy) is 2. The molecule has 1 aliphatic rings. The number of nitrogens with zero attached hydrogens (tertiary/aromatic N) is 1. The molecule has 0 radical (unpaired) electrons. The van der Waals surface area contributed by atoms with E-state index in [9.17, 15) is 24.8 Å². The van der Waals surface area contributed by atoms with Crippen LogP contribution in [0.2, 0.25) is 5.02 Å². The molecule has 32 heavy (non-hydrogen) atoms. The zero-order chi connectivity index (χ0) is 23.2. The number of halogens is 2. The summed E-state index contributed by atoms with van der Waals surface area (Å²) in [5.74, 6) is -0.0381. The van der Waals surface area contributed by atoms with Crippen molar-refractivity contribution in [1.82, 2.24) is 4.57 Å². The highest BCUT2D eigenvalue weighted by atomic mass is 35.5. The van der Waals surface area contributed by atoms with Crippen molar-refractivity contribution in [2.24, 2.45) is 0 Å². The molecule has 172 valence electrons. The first-order chi connectivity index (χ1) is 15.3. The minimum absolute atomic E-state index is 0.146. The number of hydrogen-bond acceptors (Lipinski definition) is 6. The number of benzene rings is 2. The second kappa shape index (κ2) is 8.97. The number of aryl methyl sites for hydroxylation is 1. The maximum atomic E-state index is 14.6. The van der Waals surface area contributed by atoms with Gasteiger partial charge in [0.15, 0.2) is 0 Å². The molecule has 1 aliphatic heterocycles. The quantitative estimate of drug-likeness (QED) is 0.461. The molecule has 0 amide bonds. The van der Waals surface area contributed by atoms with Crippen molar-refractivity contribution in [2.45, 2.75) is 44.0 Å². The van der Waals surface area contributed by atoms with Gasteiger partial charge in [0, 0.05) is 28.8 Å². The van der Waals surface area contributed by atoms with Gasteiger partial charge in [0.25, 0.3) is 0 Å². The van der Waals surface area contributed by atoms with Crippen molar-refractivity contribution in [3.05, 3.63) is 64.1 Å². The van der Waals surface area contributed by atoms with E-state index in [4.69, 9.17) is 21.1 Å². The minimum Gasteiger partial charge on any atom is -0.497 e. The largest absolute Gasteiger partial charge is 0.497 e. The predicted molar refractivity (Wildman–Crippen MR) is 116 cm³/mol. The summed E-state index contributed by atoms with van der Waals surface area (Å²) in [6.07, 6.45) is -4.80. The van der Waals surface area contributed by atoms with Crippen LogP contribution in [0.4, 0.5) is 4.39 Å². The van der Waals surface area contributed by atoms with Crippen LogP contribution in [0, 0.1) is 12.7 Å². The van der Waals surface area contributed by atoms with E-state index in [2.05, 4.69) is 0 Å². The molecular weight excluding hydrogens is 441 g/mol. The third-order valence-corrected chi connectivity index (χ3v) is 6.31. The number of rotatable bonds is 5. The smallest absolute Gasteiger partial charge is 0.131 e. The van der Waals surface area contributed by atoms with Gasteiger partial charge in [0.1, 0.15) is 42.1 Å². The number of aliphatic hydroxyl groups excluding tert-OH is 4. The van der Waals surface area contributed by atoms with Gasteiger partial charge < -0.3 is 34.5 Å². The van der Waals surface area contributed by atoms with Gasteiger partial charge in [-0.25, -0.2) is 4.39 Å². The molecule has 0 saturated carbocycles. The van der Waals surface area contributed by atoms with Crippen molar-refractivity contribution in [2.75, 3.05) is 13.7 Å². The Labute approximate surface area is 189 Å². The third-order valence-electron chi connectivity index (χ3n) is 6.01. The summed E-state index contributed by atoms with van der Waals surface area (Å²) >= 11 is 6.52. The SMILES string of the molecule is COc1ccc(Cn2cc([C@@H]3O[C@H](CO)[C@@H](O)[C@H](O)[C@H]3O)c3c(C)ccc(Cl)c32)c(F)c1. The highest BCUT2D eigenvalue weighted by Gasteiger charge is 2.45. The maximum Gasteiger partial charge on any atom is 0.131 e. The van der Waals surface area contributed by atoms with E-state index >= 15 is 0 Å². The van der Waals surface area contributed by atoms with E-state index in [1.54, 1.807) is 29.0 Å². The monoisotopic (exact) mass is 465 g/mol. The lowest BCUT2D eigenvalue weighted by atomic mass is 9.90. The number of aromatic nitrogens is 1. The fourth-order valence-corrected chi connectivity index (χ4v) is 4.54. The lowest BCUT2D eigenvalue weighted by molar-refractivity contribution is -0.231. The predicted octanol–water partition coefficient (Wildman–Crippen LogP) is 2.31. The molecule has 3 aromatic rings. The van der Waals surface area contributed by atoms with E-state index in [1.807, 2.05) is 13.0 Å². The minimum atomic E-state index is -1.51. The Morgan fingerprint density at radius 1 is 1.12 bits per heavy atom. The van der Waals surface area contributed by atoms with Gasteiger partial charge in [-0.15, -0.1) is 0 Å². The number of methoxy groups -OCH3 is 1. The van der Waals surface area contributed by atoms with Crippen LogP contribution in [0.15, 0.2) is 36.5 Å². The Morgan fingerprint density at radius 3 is 2.53 bits per heavy atom. The number of hydrogen-bond donors (Lipinski definition) is 4. The summed E-state index contributed by atoms with van der Waals surface area (Å²) in [5.41, 5.74) is 2.38. The van der Waals surface area contributed by atoms with Gasteiger partial charge in [0.05, 0.1) is 30.8 Å². The Hall–Kier alpha value is -2.20. The molecule has 2 aromatic carbocycles. The summed E-state index contributed by atoms with van der Waals surface area (Å²) in [6, 6.07) is 8.13. The van der Waals surface area contributed by atoms with Gasteiger partial charge >= 0.3 is 0 Å². The summed E-state index contributed by atoms with van der Waals surface area (Å²) in [4.78, 5) is 0. The lowest BCUT2D eigenvalue weighted by Crippen LogP contribution is -2.55. The number of aliphatic hydroxyl groups is 4. The molecular formula is C23H25ClFNO6. The van der Waals surface area contributed by atoms with Crippen LogP contribution in [-0.2, 0) is 11.3 Å². The molecule has 4 N–H and O–H groups in total. The highest BCUT2D eigenvalue weighted by molar-refractivity contribution is 6.35. The molecule has 1 saturated heterocycles. The Morgan fingerprint density at radius 2 is 1.88 bits per heavy atom. The number of fused-ring (bicyclic) bond motifs is 1. The van der Waals surface area contributed by atoms with E-state index in [-0.39, 0.29) is 6.54 Å². The molecule has 7 nitrogen and oxygen atoms in total. The second-order valence-electron chi connectivity index (χ2n) is 8.01. The Bertz CT molecular complexity index is 1130. The van der Waals surface area contributed by atoms with Crippen LogP contribution < -0.4 is 4.74 Å². The van der Waals surface area contributed by atoms with Crippen molar-refractivity contribution in [3.8, 4) is 5.75 Å². The summed E-state index contributed by atoms with van der Waals surface area (Å²) in [6.45, 7) is 1.48. The van der Waals surface area contributed by atoms with E-state index in [0.29, 0.717) is 32.8 Å². The standard InChI is InChI=1S/C23H25ClFNO6/c1-11-3-6-15(24)19-18(11)14(23-22(30)21(29)20(28)17(10-27)32-23)9-26(19)8-12-4-5-13(31-2)7-16(12)25/h3-7,9,17,20-23,27-30H,8,10H2,1-2H3/t17-,20-,21+,22-,23+/m1/s1. The van der Waals surface area contributed by atoms with E-state index in [0.717, 1.165) is 5.56 Å². The van der Waals surface area contributed by atoms with Gasteiger partial charge in [-0.05, 0) is 24.6 Å². The Kier molecular flexibility index (Phi) is 6.44. The molecule has 0 aliphatic carbocycles. The van der Waals surface area contributed by atoms with Gasteiger partial charge in [-0.3, -0.25) is 0 Å². The molecule has 0 spiro atoms. The first-order valence-electron chi connectivity index (χ1n) is 10.2. The van der Waals surface area contributed by atoms with Gasteiger partial charge in [-0.1, -0.05) is 23.7 Å². The molecule has 1 fully saturated rings. The van der Waals surface area contributed by atoms with E-state index < -0.39 is 42.9 Å². The van der Waals surface area contributed by atoms with Gasteiger partial charge in [0.2, 0.25) is 0 Å². The van der Waals surface area contributed by atoms with Gasteiger partial charge in [-0.2, -0.15) is 0 Å². The van der Waals surface area contributed by atoms with E-state index in [1.165, 1.54) is 13.2 Å². The highest BCUT2D eigenvalue weighted by Crippen LogP contribution is 2.40. The first kappa shape index (κ1) is 23.0. The van der Waals surface area contributed by atoms with Crippen molar-refractivity contribution in [3.63, 3.8) is 0 Å². The molecule has 1 aromatic heterocycles. The zero-order valence-electron chi connectivity index (χ0n) is 17.6. The topological polar surface area (TPSA) is 104 Å². The van der Waals surface area contributed by atoms with Crippen molar-refractivity contribution >= 4 is 22.5 Å². The summed E-state index contributed by atoms with van der Waals surface area (Å²) in [7, 11) is 1.46. The zero-order valence-corrected chi connectivity index (χ0v) is 18.3. The molecule has 5 atom stereocenters. The van der Waals surface area contributed by atoms with Crippen LogP contribution in [0.3, 0.4) is 0 Å². The summed E-state index contributed by atoms with van der Waals surface area (Å²) < 4.78 is 27.2. The van der Waals surface area contributed by atoms with Crippen molar-refractivity contribution < 1.29 is 34.3 Å². The second-order valence-corrected chi connectivity index (χ2v) is 8.41. The average molecular weight is 466 g/mol. The van der Waals surface area contributed by atoms with Crippen LogP contribution in [0.5, 0.6) is 5.75 Å². The first-order valence-corrected chi connectivity index (χ1v) is 10.5. The lowest BCUT2D eigenvalue weighted by Gasteiger charge is -2.40. The van der Waals surface area contributed by atoms with Crippen LogP contribution >= 0.6 is 11.6 Å². The fraction of sp³-hybridized carbons (Fsp3) is 0.391. The maximum absolute atomic E-state index is 14.6. The Balaban J connectivity index is 1.84. The van der Waals surface area contributed by atoms with Crippen LogP contribution in [0.1, 0.15) is 22.8 Å². The van der Waals surface area contributed by atoms with Crippen molar-refractivity contribution in [1.29, 1.82) is 0 Å². The molecule has 9 heteroatoms. The third kappa shape index (κ3) is 3.87. The van der Waals surface area contributed by atoms with Crippen LogP contribution in [-0.4, -0.2) is 63.1 Å². The summed E-state index contributed by atoms with van der Waals surface area (Å²) in [5, 5.41) is 41.7. The van der Waals surface area contributed by atoms with Crippen LogP contribution in [0.25, 0.3) is 10.9 Å². The average Bonchev–Trinajstić information content (AvgIpc) is 3.16. The normalized spacial score (nSPS) is 25.9. The molecule has 0 unspecified atom stereocenters. The molecule has 0 bridgehead atoms. The fourth-order valence-electron chi connectivity index (χ4n) is 4.27.